The van der Waals surface area contributed by atoms with Crippen LogP contribution in [-0.2, 0) is 10.0 Å². The summed E-state index contributed by atoms with van der Waals surface area (Å²) in [6.07, 6.45) is 5.04. The average Bonchev–Trinajstić information content (AvgIpc) is 3.42. The Bertz CT molecular complexity index is 1390. The van der Waals surface area contributed by atoms with Crippen molar-refractivity contribution in [2.75, 3.05) is 0 Å². The maximum atomic E-state index is 13.3. The van der Waals surface area contributed by atoms with Crippen LogP contribution in [0.1, 0.15) is 0 Å². The van der Waals surface area contributed by atoms with Gasteiger partial charge < -0.3 is 0 Å². The van der Waals surface area contributed by atoms with E-state index in [-0.39, 0.29) is 4.90 Å². The molecule has 0 bridgehead atoms. The van der Waals surface area contributed by atoms with Gasteiger partial charge in [0.25, 0.3) is 10.0 Å². The van der Waals surface area contributed by atoms with Crippen molar-refractivity contribution in [3.63, 3.8) is 0 Å². The molecule has 0 aliphatic carbocycles. The Hall–Kier alpha value is -3.29. The lowest BCUT2D eigenvalue weighted by Crippen LogP contribution is -2.12. The van der Waals surface area contributed by atoms with E-state index in [1.165, 1.54) is 15.3 Å². The van der Waals surface area contributed by atoms with Gasteiger partial charge in [0.15, 0.2) is 5.65 Å². The fourth-order valence-electron chi connectivity index (χ4n) is 3.28. The molecule has 5 nitrogen and oxygen atoms in total. The summed E-state index contributed by atoms with van der Waals surface area (Å²) in [5, 5.41) is 3.38. The normalized spacial score (nSPS) is 11.7. The van der Waals surface area contributed by atoms with Crippen molar-refractivity contribution < 1.29 is 8.42 Å². The van der Waals surface area contributed by atoms with E-state index in [1.807, 2.05) is 41.8 Å². The van der Waals surface area contributed by atoms with Gasteiger partial charge in [-0.15, -0.1) is 11.3 Å². The molecule has 0 atom stereocenters. The molecule has 3 aromatic heterocycles. The molecule has 0 saturated heterocycles. The number of benzene rings is 2. The van der Waals surface area contributed by atoms with Crippen LogP contribution in [0, 0.1) is 0 Å². The number of aromatic nitrogens is 3. The molecule has 0 amide bonds. The van der Waals surface area contributed by atoms with Crippen molar-refractivity contribution in [3.05, 3.63) is 90.7 Å². The highest BCUT2D eigenvalue weighted by molar-refractivity contribution is 7.90. The van der Waals surface area contributed by atoms with Crippen LogP contribution in [-0.4, -0.2) is 22.4 Å². The molecule has 0 aliphatic heterocycles. The molecule has 0 unspecified atom stereocenters. The SMILES string of the molecule is O=S(=O)(c1ccccc1)n1cc(-c2nccs2)c2cc(-c3ccccc3)cnc21. The monoisotopic (exact) mass is 417 g/mol. The van der Waals surface area contributed by atoms with Gasteiger partial charge in [0.1, 0.15) is 5.01 Å². The first-order chi connectivity index (χ1) is 14.1. The third-order valence-corrected chi connectivity index (χ3v) is 7.15. The Balaban J connectivity index is 1.79. The highest BCUT2D eigenvalue weighted by atomic mass is 32.2. The second-order valence-corrected chi connectivity index (χ2v) is 9.16. The number of pyridine rings is 1. The zero-order valence-corrected chi connectivity index (χ0v) is 16.8. The van der Waals surface area contributed by atoms with Crippen molar-refractivity contribution in [3.8, 4) is 21.7 Å². The molecule has 0 radical (unpaired) electrons. The number of fused-ring (bicyclic) bond motifs is 1. The summed E-state index contributed by atoms with van der Waals surface area (Å²) < 4.78 is 27.8. The summed E-state index contributed by atoms with van der Waals surface area (Å²) in [6.45, 7) is 0. The van der Waals surface area contributed by atoms with Crippen LogP contribution in [0.3, 0.4) is 0 Å². The van der Waals surface area contributed by atoms with Gasteiger partial charge in [-0.25, -0.2) is 22.4 Å². The van der Waals surface area contributed by atoms with E-state index in [0.717, 1.165) is 27.1 Å². The van der Waals surface area contributed by atoms with Gasteiger partial charge in [0, 0.05) is 40.5 Å². The largest absolute Gasteiger partial charge is 0.269 e. The smallest absolute Gasteiger partial charge is 0.244 e. The third kappa shape index (κ3) is 3.04. The summed E-state index contributed by atoms with van der Waals surface area (Å²) in [4.78, 5) is 9.15. The molecule has 0 saturated carbocycles. The van der Waals surface area contributed by atoms with Crippen molar-refractivity contribution in [2.24, 2.45) is 0 Å². The van der Waals surface area contributed by atoms with Gasteiger partial charge >= 0.3 is 0 Å². The Morgan fingerprint density at radius 2 is 1.59 bits per heavy atom. The summed E-state index contributed by atoms with van der Waals surface area (Å²) in [7, 11) is -3.78. The maximum absolute atomic E-state index is 13.3. The zero-order valence-electron chi connectivity index (χ0n) is 15.1. The fourth-order valence-corrected chi connectivity index (χ4v) is 5.29. The quantitative estimate of drug-likeness (QED) is 0.410. The van der Waals surface area contributed by atoms with Crippen LogP contribution < -0.4 is 0 Å². The van der Waals surface area contributed by atoms with E-state index in [9.17, 15) is 8.42 Å². The molecule has 0 N–H and O–H groups in total. The zero-order chi connectivity index (χ0) is 19.8. The minimum Gasteiger partial charge on any atom is -0.244 e. The maximum Gasteiger partial charge on any atom is 0.269 e. The molecule has 7 heteroatoms. The molecule has 0 spiro atoms. The average molecular weight is 418 g/mol. The van der Waals surface area contributed by atoms with Gasteiger partial charge in [-0.3, -0.25) is 0 Å². The topological polar surface area (TPSA) is 64.8 Å². The molecule has 5 aromatic rings. The Morgan fingerprint density at radius 3 is 2.28 bits per heavy atom. The van der Waals surface area contributed by atoms with E-state index >= 15 is 0 Å². The molecule has 3 heterocycles. The van der Waals surface area contributed by atoms with Crippen LogP contribution in [0.25, 0.3) is 32.7 Å². The van der Waals surface area contributed by atoms with E-state index in [0.29, 0.717) is 5.65 Å². The number of hydrogen-bond acceptors (Lipinski definition) is 5. The first kappa shape index (κ1) is 17.8. The van der Waals surface area contributed by atoms with Crippen molar-refractivity contribution in [1.82, 2.24) is 13.9 Å². The van der Waals surface area contributed by atoms with Crippen LogP contribution in [0.2, 0.25) is 0 Å². The molecular weight excluding hydrogens is 402 g/mol. The Labute approximate surface area is 172 Å². The minimum absolute atomic E-state index is 0.219. The van der Waals surface area contributed by atoms with E-state index < -0.39 is 10.0 Å². The van der Waals surface area contributed by atoms with Crippen LogP contribution in [0.15, 0.2) is 95.6 Å². The minimum atomic E-state index is -3.78. The molecule has 142 valence electrons. The van der Waals surface area contributed by atoms with Crippen LogP contribution in [0.5, 0.6) is 0 Å². The number of thiazole rings is 1. The Kier molecular flexibility index (Phi) is 4.26. The van der Waals surface area contributed by atoms with E-state index in [1.54, 1.807) is 48.9 Å². The second kappa shape index (κ2) is 6.95. The highest BCUT2D eigenvalue weighted by Crippen LogP contribution is 2.35. The predicted octanol–water partition coefficient (Wildman–Crippen LogP) is 5.06. The predicted molar refractivity (Wildman–Crippen MR) is 115 cm³/mol. The lowest BCUT2D eigenvalue weighted by molar-refractivity contribution is 0.589. The first-order valence-electron chi connectivity index (χ1n) is 8.91. The van der Waals surface area contributed by atoms with E-state index in [2.05, 4.69) is 9.97 Å². The Morgan fingerprint density at radius 1 is 0.862 bits per heavy atom. The molecule has 0 aliphatic rings. The van der Waals surface area contributed by atoms with Crippen LogP contribution in [0.4, 0.5) is 0 Å². The molecule has 2 aromatic carbocycles. The van der Waals surface area contributed by atoms with Gasteiger partial charge in [-0.05, 0) is 23.8 Å². The van der Waals surface area contributed by atoms with Gasteiger partial charge in [0.2, 0.25) is 0 Å². The van der Waals surface area contributed by atoms with Gasteiger partial charge in [-0.2, -0.15) is 0 Å². The fraction of sp³-hybridized carbons (Fsp3) is 0. The summed E-state index contributed by atoms with van der Waals surface area (Å²) >= 11 is 1.47. The first-order valence-corrected chi connectivity index (χ1v) is 11.2. The molecular formula is C22H15N3O2S2. The van der Waals surface area contributed by atoms with Gasteiger partial charge in [-0.1, -0.05) is 48.5 Å². The lowest BCUT2D eigenvalue weighted by atomic mass is 10.1. The summed E-state index contributed by atoms with van der Waals surface area (Å²) in [6, 6.07) is 20.3. The number of hydrogen-bond donors (Lipinski definition) is 0. The second-order valence-electron chi connectivity index (χ2n) is 6.46. The summed E-state index contributed by atoms with van der Waals surface area (Å²) in [5.74, 6) is 0. The molecule has 5 rings (SSSR count). The van der Waals surface area contributed by atoms with Crippen LogP contribution >= 0.6 is 11.3 Å². The van der Waals surface area contributed by atoms with Crippen molar-refractivity contribution >= 4 is 32.4 Å². The number of nitrogens with zero attached hydrogens (tertiary/aromatic N) is 3. The summed E-state index contributed by atoms with van der Waals surface area (Å²) in [5.41, 5.74) is 3.08. The highest BCUT2D eigenvalue weighted by Gasteiger charge is 2.23. The third-order valence-electron chi connectivity index (χ3n) is 4.68. The lowest BCUT2D eigenvalue weighted by Gasteiger charge is -2.07. The molecule has 29 heavy (non-hydrogen) atoms. The van der Waals surface area contributed by atoms with Gasteiger partial charge in [0.05, 0.1) is 4.90 Å². The molecule has 0 fully saturated rings. The van der Waals surface area contributed by atoms with E-state index in [4.69, 9.17) is 0 Å². The van der Waals surface area contributed by atoms with Crippen molar-refractivity contribution in [2.45, 2.75) is 4.90 Å². The standard InChI is InChI=1S/C22H15N3O2S2/c26-29(27,18-9-5-2-6-10-18)25-15-20(22-23-11-12-28-22)19-13-17(14-24-21(19)25)16-7-3-1-4-8-16/h1-15H. The van der Waals surface area contributed by atoms with Crippen molar-refractivity contribution in [1.29, 1.82) is 0 Å². The number of rotatable bonds is 4.